The highest BCUT2D eigenvalue weighted by molar-refractivity contribution is 7.98. The van der Waals surface area contributed by atoms with Crippen LogP contribution in [0.3, 0.4) is 0 Å². The predicted octanol–water partition coefficient (Wildman–Crippen LogP) is 3.36. The largest absolute Gasteiger partial charge is 0.368 e. The molecule has 0 aliphatic carbocycles. The summed E-state index contributed by atoms with van der Waals surface area (Å²) in [6.07, 6.45) is 0. The second-order valence-corrected chi connectivity index (χ2v) is 5.69. The molecule has 0 fully saturated rings. The van der Waals surface area contributed by atoms with Gasteiger partial charge in [-0.3, -0.25) is 4.57 Å². The molecule has 3 rings (SSSR count). The second-order valence-electron chi connectivity index (χ2n) is 4.75. The van der Waals surface area contributed by atoms with E-state index >= 15 is 0 Å². The van der Waals surface area contributed by atoms with Gasteiger partial charge in [0.15, 0.2) is 5.16 Å². The van der Waals surface area contributed by atoms with Crippen LogP contribution >= 0.6 is 11.8 Å². The lowest BCUT2D eigenvalue weighted by molar-refractivity contribution is 0.796. The number of nitrogens with zero attached hydrogens (tertiary/aromatic N) is 3. The molecule has 2 N–H and O–H groups in total. The summed E-state index contributed by atoms with van der Waals surface area (Å²) in [6.45, 7) is 0. The Bertz CT molecular complexity index is 720. The van der Waals surface area contributed by atoms with Crippen molar-refractivity contribution in [3.05, 3.63) is 60.2 Å². The van der Waals surface area contributed by atoms with Crippen molar-refractivity contribution < 1.29 is 0 Å². The minimum absolute atomic E-state index is 0.442. The predicted molar refractivity (Wildman–Crippen MR) is 86.9 cm³/mol. The molecule has 0 spiro atoms. The van der Waals surface area contributed by atoms with Gasteiger partial charge >= 0.3 is 0 Å². The van der Waals surface area contributed by atoms with Gasteiger partial charge in [-0.1, -0.05) is 66.4 Å². The van der Waals surface area contributed by atoms with Crippen molar-refractivity contribution in [2.75, 3.05) is 5.73 Å². The number of benzene rings is 2. The van der Waals surface area contributed by atoms with Crippen molar-refractivity contribution >= 4 is 17.7 Å². The lowest BCUT2D eigenvalue weighted by Gasteiger charge is -2.04. The minimum Gasteiger partial charge on any atom is -0.368 e. The lowest BCUT2D eigenvalue weighted by Crippen LogP contribution is -1.98. The molecule has 0 atom stereocenters. The average molecular weight is 296 g/mol. The van der Waals surface area contributed by atoms with E-state index in [0.717, 1.165) is 10.9 Å². The maximum atomic E-state index is 5.67. The molecule has 0 bridgehead atoms. The number of thioether (sulfide) groups is 1. The van der Waals surface area contributed by atoms with Crippen molar-refractivity contribution in [2.45, 2.75) is 10.9 Å². The van der Waals surface area contributed by atoms with Crippen molar-refractivity contribution in [3.63, 3.8) is 0 Å². The maximum absolute atomic E-state index is 5.67. The first kappa shape index (κ1) is 13.7. The first-order valence-electron chi connectivity index (χ1n) is 6.66. The van der Waals surface area contributed by atoms with Gasteiger partial charge in [0.2, 0.25) is 5.95 Å². The molecule has 0 saturated carbocycles. The van der Waals surface area contributed by atoms with Gasteiger partial charge in [0.25, 0.3) is 0 Å². The number of rotatable bonds is 4. The van der Waals surface area contributed by atoms with E-state index in [4.69, 9.17) is 5.73 Å². The number of nitrogens with two attached hydrogens (primary N) is 1. The van der Waals surface area contributed by atoms with E-state index in [1.165, 1.54) is 16.7 Å². The Hall–Kier alpha value is -2.27. The molecule has 21 heavy (non-hydrogen) atoms. The molecule has 4 nitrogen and oxygen atoms in total. The Morgan fingerprint density at radius 3 is 2.24 bits per heavy atom. The number of hydrogen-bond donors (Lipinski definition) is 1. The molecule has 1 heterocycles. The quantitative estimate of drug-likeness (QED) is 0.750. The number of nitrogen functional groups attached to an aromatic ring is 1. The molecular weight excluding hydrogens is 280 g/mol. The van der Waals surface area contributed by atoms with Gasteiger partial charge < -0.3 is 5.73 Å². The first-order valence-corrected chi connectivity index (χ1v) is 7.64. The molecule has 0 saturated heterocycles. The normalized spacial score (nSPS) is 10.7. The summed E-state index contributed by atoms with van der Waals surface area (Å²) in [6, 6.07) is 19.0. The molecule has 3 aromatic rings. The Morgan fingerprint density at radius 2 is 1.62 bits per heavy atom. The number of anilines is 1. The van der Waals surface area contributed by atoms with E-state index in [-0.39, 0.29) is 0 Å². The van der Waals surface area contributed by atoms with Crippen LogP contribution in [0.15, 0.2) is 59.8 Å². The summed E-state index contributed by atoms with van der Waals surface area (Å²) < 4.78 is 1.79. The number of hydrogen-bond acceptors (Lipinski definition) is 4. The SMILES string of the molecule is Cn1c(N)nnc1SCc1ccc(-c2ccccc2)cc1. The zero-order valence-electron chi connectivity index (χ0n) is 11.7. The fraction of sp³-hybridized carbons (Fsp3) is 0.125. The third-order valence-electron chi connectivity index (χ3n) is 3.30. The summed E-state index contributed by atoms with van der Waals surface area (Å²) in [4.78, 5) is 0. The van der Waals surface area contributed by atoms with Crippen LogP contribution in [0.25, 0.3) is 11.1 Å². The van der Waals surface area contributed by atoms with Gasteiger partial charge in [-0.2, -0.15) is 0 Å². The second kappa shape index (κ2) is 6.01. The topological polar surface area (TPSA) is 56.7 Å². The zero-order valence-corrected chi connectivity index (χ0v) is 12.5. The smallest absolute Gasteiger partial charge is 0.222 e. The fourth-order valence-electron chi connectivity index (χ4n) is 2.02. The minimum atomic E-state index is 0.442. The van der Waals surface area contributed by atoms with E-state index in [9.17, 15) is 0 Å². The highest BCUT2D eigenvalue weighted by Gasteiger charge is 2.06. The standard InChI is InChI=1S/C16H16N4S/c1-20-15(17)18-19-16(20)21-11-12-7-9-14(10-8-12)13-5-3-2-4-6-13/h2-10H,11H2,1H3,(H2,17,18). The van der Waals surface area contributed by atoms with Crippen LogP contribution in [0.1, 0.15) is 5.56 Å². The van der Waals surface area contributed by atoms with Crippen LogP contribution in [-0.2, 0) is 12.8 Å². The van der Waals surface area contributed by atoms with Gasteiger partial charge in [-0.15, -0.1) is 10.2 Å². The summed E-state index contributed by atoms with van der Waals surface area (Å²) in [5, 5.41) is 8.73. The van der Waals surface area contributed by atoms with Gasteiger partial charge in [0.1, 0.15) is 0 Å². The van der Waals surface area contributed by atoms with Gasteiger partial charge in [-0.05, 0) is 16.7 Å². The highest BCUT2D eigenvalue weighted by atomic mass is 32.2. The van der Waals surface area contributed by atoms with Crippen LogP contribution in [0.4, 0.5) is 5.95 Å². The third-order valence-corrected chi connectivity index (χ3v) is 4.39. The summed E-state index contributed by atoms with van der Waals surface area (Å²) in [7, 11) is 1.87. The molecule has 0 aliphatic heterocycles. The van der Waals surface area contributed by atoms with Gasteiger partial charge in [0.05, 0.1) is 0 Å². The van der Waals surface area contributed by atoms with Crippen LogP contribution in [-0.4, -0.2) is 14.8 Å². The van der Waals surface area contributed by atoms with Crippen LogP contribution in [0, 0.1) is 0 Å². The monoisotopic (exact) mass is 296 g/mol. The van der Waals surface area contributed by atoms with Crippen LogP contribution in [0.2, 0.25) is 0 Å². The molecular formula is C16H16N4S. The summed E-state index contributed by atoms with van der Waals surface area (Å²) >= 11 is 1.63. The number of aromatic nitrogens is 3. The van der Waals surface area contributed by atoms with E-state index in [0.29, 0.717) is 5.95 Å². The third kappa shape index (κ3) is 3.08. The lowest BCUT2D eigenvalue weighted by atomic mass is 10.0. The van der Waals surface area contributed by atoms with E-state index in [2.05, 4.69) is 58.7 Å². The van der Waals surface area contributed by atoms with E-state index in [1.54, 1.807) is 16.3 Å². The Labute approximate surface area is 128 Å². The van der Waals surface area contributed by atoms with Crippen molar-refractivity contribution in [2.24, 2.45) is 7.05 Å². The molecule has 1 aromatic heterocycles. The van der Waals surface area contributed by atoms with Crippen molar-refractivity contribution in [1.29, 1.82) is 0 Å². The molecule has 0 aliphatic rings. The Balaban J connectivity index is 1.69. The van der Waals surface area contributed by atoms with Gasteiger partial charge in [-0.25, -0.2) is 0 Å². The van der Waals surface area contributed by atoms with Crippen LogP contribution in [0.5, 0.6) is 0 Å². The summed E-state index contributed by atoms with van der Waals surface area (Å²) in [5.74, 6) is 1.29. The first-order chi connectivity index (χ1) is 10.2. The molecule has 106 valence electrons. The summed E-state index contributed by atoms with van der Waals surface area (Å²) in [5.41, 5.74) is 9.38. The van der Waals surface area contributed by atoms with Crippen molar-refractivity contribution in [1.82, 2.24) is 14.8 Å². The molecule has 2 aromatic carbocycles. The van der Waals surface area contributed by atoms with E-state index in [1.807, 2.05) is 13.1 Å². The fourth-order valence-corrected chi connectivity index (χ4v) is 2.90. The Morgan fingerprint density at radius 1 is 0.952 bits per heavy atom. The maximum Gasteiger partial charge on any atom is 0.222 e. The average Bonchev–Trinajstić information content (AvgIpc) is 2.86. The Kier molecular flexibility index (Phi) is 3.92. The van der Waals surface area contributed by atoms with E-state index < -0.39 is 0 Å². The highest BCUT2D eigenvalue weighted by Crippen LogP contribution is 2.24. The molecule has 0 unspecified atom stereocenters. The molecule has 0 amide bonds. The zero-order chi connectivity index (χ0) is 14.7. The molecule has 5 heteroatoms. The van der Waals surface area contributed by atoms with Crippen LogP contribution < -0.4 is 5.73 Å². The van der Waals surface area contributed by atoms with Gasteiger partial charge in [0, 0.05) is 12.8 Å². The molecule has 0 radical (unpaired) electrons. The van der Waals surface area contributed by atoms with Crippen molar-refractivity contribution in [3.8, 4) is 11.1 Å².